The minimum Gasteiger partial charge on any atom is -0.468 e. The molecule has 0 saturated carbocycles. The van der Waals surface area contributed by atoms with Crippen LogP contribution < -0.4 is 11.1 Å². The van der Waals surface area contributed by atoms with Gasteiger partial charge in [-0.25, -0.2) is 0 Å². The fraction of sp³-hybridized carbons (Fsp3) is 0.417. The highest BCUT2D eigenvalue weighted by molar-refractivity contribution is 8.93. The van der Waals surface area contributed by atoms with E-state index >= 15 is 0 Å². The summed E-state index contributed by atoms with van der Waals surface area (Å²) in [4.78, 5) is 21.1. The Kier molecular flexibility index (Phi) is 8.49. The Balaban J connectivity index is 0.00000361. The number of esters is 1. The third-order valence-electron chi connectivity index (χ3n) is 2.60. The first-order chi connectivity index (χ1) is 9.04. The van der Waals surface area contributed by atoms with E-state index in [2.05, 4.69) is 10.1 Å². The van der Waals surface area contributed by atoms with Gasteiger partial charge in [-0.2, -0.15) is 0 Å². The first kappa shape index (κ1) is 18.3. The van der Waals surface area contributed by atoms with Crippen molar-refractivity contribution in [2.45, 2.75) is 18.9 Å². The van der Waals surface area contributed by atoms with Gasteiger partial charge < -0.3 is 15.8 Å². The number of benzene rings is 1. The summed E-state index contributed by atoms with van der Waals surface area (Å²) in [6, 6.07) is 5.53. The molecule has 0 fully saturated rings. The number of carbonyl (C=O) groups excluding carboxylic acids is 1. The maximum atomic E-state index is 11.0. The number of halogens is 1. The lowest BCUT2D eigenvalue weighted by molar-refractivity contribution is -0.384. The van der Waals surface area contributed by atoms with Crippen LogP contribution in [0, 0.1) is 10.1 Å². The number of methoxy groups -OCH3 is 1. The largest absolute Gasteiger partial charge is 0.468 e. The van der Waals surface area contributed by atoms with Crippen molar-refractivity contribution in [3.63, 3.8) is 0 Å². The number of ether oxygens (including phenoxy) is 1. The molecule has 20 heavy (non-hydrogen) atoms. The Hall–Kier alpha value is -1.67. The highest BCUT2D eigenvalue weighted by Crippen LogP contribution is 2.15. The number of nitro benzene ring substituents is 1. The molecule has 1 rings (SSSR count). The number of nitrogens with zero attached hydrogens (tertiary/aromatic N) is 1. The Bertz CT molecular complexity index is 439. The van der Waals surface area contributed by atoms with E-state index in [-0.39, 0.29) is 22.7 Å². The molecule has 112 valence electrons. The molecule has 1 unspecified atom stereocenters. The second kappa shape index (κ2) is 9.27. The van der Waals surface area contributed by atoms with Crippen LogP contribution in [0.4, 0.5) is 11.4 Å². The minimum absolute atomic E-state index is 0. The zero-order valence-corrected chi connectivity index (χ0v) is 12.8. The fourth-order valence-electron chi connectivity index (χ4n) is 1.52. The molecule has 3 N–H and O–H groups in total. The Morgan fingerprint density at radius 2 is 2.05 bits per heavy atom. The Morgan fingerprint density at radius 1 is 1.45 bits per heavy atom. The van der Waals surface area contributed by atoms with Gasteiger partial charge in [-0.05, 0) is 25.0 Å². The highest BCUT2D eigenvalue weighted by Gasteiger charge is 2.12. The van der Waals surface area contributed by atoms with Crippen molar-refractivity contribution in [3.8, 4) is 0 Å². The molecule has 1 atom stereocenters. The normalized spacial score (nSPS) is 11.1. The van der Waals surface area contributed by atoms with E-state index in [1.165, 1.54) is 19.2 Å². The van der Waals surface area contributed by atoms with Crippen LogP contribution in [0.2, 0.25) is 0 Å². The lowest BCUT2D eigenvalue weighted by Crippen LogP contribution is -2.31. The van der Waals surface area contributed by atoms with Crippen molar-refractivity contribution >= 4 is 34.3 Å². The van der Waals surface area contributed by atoms with Crippen molar-refractivity contribution in [2.24, 2.45) is 5.73 Å². The summed E-state index contributed by atoms with van der Waals surface area (Å²) < 4.78 is 4.51. The zero-order chi connectivity index (χ0) is 14.3. The van der Waals surface area contributed by atoms with Crippen LogP contribution in [-0.2, 0) is 9.53 Å². The van der Waals surface area contributed by atoms with Crippen LogP contribution in [0.1, 0.15) is 12.8 Å². The number of rotatable bonds is 7. The molecule has 8 heteroatoms. The average Bonchev–Trinajstić information content (AvgIpc) is 2.42. The predicted molar refractivity (Wildman–Crippen MR) is 81.1 cm³/mol. The first-order valence-electron chi connectivity index (χ1n) is 5.86. The molecule has 1 aromatic rings. The van der Waals surface area contributed by atoms with Gasteiger partial charge >= 0.3 is 5.97 Å². The Labute approximate surface area is 127 Å². The molecular weight excluding hydrogens is 330 g/mol. The SMILES string of the molecule is Br.COC(=O)C(N)CCCNc1ccc([N+](=O)[O-])cc1. The van der Waals surface area contributed by atoms with Gasteiger partial charge in [0.25, 0.3) is 5.69 Å². The molecule has 0 aromatic heterocycles. The van der Waals surface area contributed by atoms with Crippen LogP contribution in [0.5, 0.6) is 0 Å². The number of carbonyl (C=O) groups is 1. The number of non-ortho nitro benzene ring substituents is 1. The van der Waals surface area contributed by atoms with Crippen LogP contribution in [0.25, 0.3) is 0 Å². The van der Waals surface area contributed by atoms with Crippen molar-refractivity contribution in [1.29, 1.82) is 0 Å². The van der Waals surface area contributed by atoms with E-state index in [4.69, 9.17) is 5.73 Å². The van der Waals surface area contributed by atoms with Gasteiger partial charge in [-0.15, -0.1) is 17.0 Å². The van der Waals surface area contributed by atoms with Gasteiger partial charge in [-0.3, -0.25) is 14.9 Å². The fourth-order valence-corrected chi connectivity index (χ4v) is 1.52. The molecule has 0 bridgehead atoms. The maximum Gasteiger partial charge on any atom is 0.322 e. The number of anilines is 1. The summed E-state index contributed by atoms with van der Waals surface area (Å²) in [5.41, 5.74) is 6.43. The zero-order valence-electron chi connectivity index (χ0n) is 11.1. The summed E-state index contributed by atoms with van der Waals surface area (Å²) in [6.45, 7) is 0.627. The molecule has 0 spiro atoms. The molecule has 0 radical (unpaired) electrons. The predicted octanol–water partition coefficient (Wildman–Crippen LogP) is 1.87. The summed E-state index contributed by atoms with van der Waals surface area (Å²) in [7, 11) is 1.30. The summed E-state index contributed by atoms with van der Waals surface area (Å²) in [5, 5.41) is 13.6. The van der Waals surface area contributed by atoms with E-state index < -0.39 is 16.9 Å². The molecule has 0 aliphatic heterocycles. The monoisotopic (exact) mass is 347 g/mol. The summed E-state index contributed by atoms with van der Waals surface area (Å²) in [5.74, 6) is -0.421. The van der Waals surface area contributed by atoms with Crippen LogP contribution >= 0.6 is 17.0 Å². The van der Waals surface area contributed by atoms with Gasteiger partial charge in [0.1, 0.15) is 6.04 Å². The van der Waals surface area contributed by atoms with Crippen LogP contribution in [0.3, 0.4) is 0 Å². The quantitative estimate of drug-likeness (QED) is 0.337. The molecule has 0 aliphatic rings. The van der Waals surface area contributed by atoms with E-state index in [1.54, 1.807) is 12.1 Å². The van der Waals surface area contributed by atoms with Crippen molar-refractivity contribution in [2.75, 3.05) is 19.0 Å². The van der Waals surface area contributed by atoms with E-state index in [0.29, 0.717) is 19.4 Å². The van der Waals surface area contributed by atoms with Crippen LogP contribution in [0.15, 0.2) is 24.3 Å². The van der Waals surface area contributed by atoms with Crippen molar-refractivity contribution in [3.05, 3.63) is 34.4 Å². The van der Waals surface area contributed by atoms with Gasteiger partial charge in [0.15, 0.2) is 0 Å². The summed E-state index contributed by atoms with van der Waals surface area (Å²) >= 11 is 0. The standard InChI is InChI=1S/C12H17N3O4.BrH/c1-19-12(16)11(13)3-2-8-14-9-4-6-10(7-5-9)15(17)18;/h4-7,11,14H,2-3,8,13H2,1H3;1H. The molecule has 1 aromatic carbocycles. The molecule has 0 saturated heterocycles. The second-order valence-electron chi connectivity index (χ2n) is 4.00. The van der Waals surface area contributed by atoms with E-state index in [1.807, 2.05) is 0 Å². The number of nitrogens with two attached hydrogens (primary N) is 1. The number of hydrogen-bond acceptors (Lipinski definition) is 6. The van der Waals surface area contributed by atoms with E-state index in [0.717, 1.165) is 5.69 Å². The molecular formula is C12H18BrN3O4. The molecule has 0 heterocycles. The number of hydrogen-bond donors (Lipinski definition) is 2. The molecule has 7 nitrogen and oxygen atoms in total. The van der Waals surface area contributed by atoms with Gasteiger partial charge in [0.05, 0.1) is 12.0 Å². The van der Waals surface area contributed by atoms with Crippen LogP contribution in [-0.4, -0.2) is 30.6 Å². The van der Waals surface area contributed by atoms with E-state index in [9.17, 15) is 14.9 Å². The average molecular weight is 348 g/mol. The Morgan fingerprint density at radius 3 is 2.55 bits per heavy atom. The van der Waals surface area contributed by atoms with Crippen molar-refractivity contribution in [1.82, 2.24) is 0 Å². The first-order valence-corrected chi connectivity index (χ1v) is 5.86. The number of nitro groups is 1. The smallest absolute Gasteiger partial charge is 0.322 e. The molecule has 0 aliphatic carbocycles. The molecule has 0 amide bonds. The lowest BCUT2D eigenvalue weighted by Gasteiger charge is -2.10. The van der Waals surface area contributed by atoms with Gasteiger partial charge in [-0.1, -0.05) is 0 Å². The third kappa shape index (κ3) is 5.98. The van der Waals surface area contributed by atoms with Gasteiger partial charge in [0.2, 0.25) is 0 Å². The third-order valence-corrected chi connectivity index (χ3v) is 2.60. The number of nitrogens with one attached hydrogen (secondary N) is 1. The lowest BCUT2D eigenvalue weighted by atomic mass is 10.1. The second-order valence-corrected chi connectivity index (χ2v) is 4.00. The summed E-state index contributed by atoms with van der Waals surface area (Å²) in [6.07, 6.45) is 1.22. The maximum absolute atomic E-state index is 11.0. The van der Waals surface area contributed by atoms with Crippen molar-refractivity contribution < 1.29 is 14.5 Å². The minimum atomic E-state index is -0.608. The topological polar surface area (TPSA) is 107 Å². The highest BCUT2D eigenvalue weighted by atomic mass is 79.9. The van der Waals surface area contributed by atoms with Gasteiger partial charge in [0, 0.05) is 24.4 Å².